The molecule has 1 rings (SSSR count). The molecule has 4 nitrogen and oxygen atoms in total. The molecular weight excluding hydrogens is 305 g/mol. The third-order valence-corrected chi connectivity index (χ3v) is 5.71. The highest BCUT2D eigenvalue weighted by Crippen LogP contribution is 2.23. The van der Waals surface area contributed by atoms with Crippen molar-refractivity contribution in [2.45, 2.75) is 64.2 Å². The van der Waals surface area contributed by atoms with Gasteiger partial charge in [0.25, 0.3) is 0 Å². The van der Waals surface area contributed by atoms with Crippen LogP contribution in [0.1, 0.15) is 46.0 Å². The molecule has 0 aromatic heterocycles. The van der Waals surface area contributed by atoms with Crippen LogP contribution in [0.15, 0.2) is 0 Å². The first-order valence-corrected chi connectivity index (χ1v) is 9.05. The molecule has 1 saturated heterocycles. The number of rotatable bonds is 7. The summed E-state index contributed by atoms with van der Waals surface area (Å²) in [7, 11) is -3.12. The van der Waals surface area contributed by atoms with Crippen LogP contribution in [-0.2, 0) is 10.0 Å². The van der Waals surface area contributed by atoms with Crippen LogP contribution in [0.4, 0.5) is 13.2 Å². The molecule has 1 heterocycles. The highest BCUT2D eigenvalue weighted by molar-refractivity contribution is 7.89. The van der Waals surface area contributed by atoms with Crippen molar-refractivity contribution in [1.82, 2.24) is 9.62 Å². The van der Waals surface area contributed by atoms with Crippen molar-refractivity contribution in [3.8, 4) is 0 Å². The van der Waals surface area contributed by atoms with Gasteiger partial charge in [0.1, 0.15) is 0 Å². The number of nitrogens with zero attached hydrogens (tertiary/aromatic N) is 1. The van der Waals surface area contributed by atoms with Crippen molar-refractivity contribution in [1.29, 1.82) is 0 Å². The molecule has 1 unspecified atom stereocenters. The van der Waals surface area contributed by atoms with Crippen molar-refractivity contribution in [2.24, 2.45) is 0 Å². The minimum absolute atomic E-state index is 0.0201. The van der Waals surface area contributed by atoms with E-state index in [0.717, 1.165) is 0 Å². The lowest BCUT2D eigenvalue weighted by Gasteiger charge is -2.33. The van der Waals surface area contributed by atoms with E-state index in [1.165, 1.54) is 4.31 Å². The average Bonchev–Trinajstić information content (AvgIpc) is 2.37. The summed E-state index contributed by atoms with van der Waals surface area (Å²) < 4.78 is 61.1. The van der Waals surface area contributed by atoms with Gasteiger partial charge in [0.05, 0.1) is 5.75 Å². The summed E-state index contributed by atoms with van der Waals surface area (Å²) in [5.41, 5.74) is 0. The molecule has 126 valence electrons. The molecule has 1 fully saturated rings. The molecule has 0 aromatic carbocycles. The Balaban J connectivity index is 2.26. The Labute approximate surface area is 125 Å². The number of hydrogen-bond acceptors (Lipinski definition) is 3. The van der Waals surface area contributed by atoms with E-state index in [-0.39, 0.29) is 24.3 Å². The van der Waals surface area contributed by atoms with Crippen molar-refractivity contribution >= 4 is 10.0 Å². The Hall–Kier alpha value is -0.340. The molecule has 1 N–H and O–H groups in total. The molecule has 0 bridgehead atoms. The van der Waals surface area contributed by atoms with E-state index in [1.807, 2.05) is 6.92 Å². The predicted octanol–water partition coefficient (Wildman–Crippen LogP) is 2.51. The molecule has 0 radical (unpaired) electrons. The van der Waals surface area contributed by atoms with Gasteiger partial charge < -0.3 is 5.32 Å². The second-order valence-electron chi connectivity index (χ2n) is 5.65. The summed E-state index contributed by atoms with van der Waals surface area (Å²) in [5, 5.41) is 3.31. The SMILES string of the molecule is CCS(=O)(=O)N1CCC(NC(C)CCCC(F)(F)F)CC1. The maximum Gasteiger partial charge on any atom is 0.389 e. The number of alkyl halides is 3. The first kappa shape index (κ1) is 18.7. The van der Waals surface area contributed by atoms with Crippen LogP contribution in [0.3, 0.4) is 0 Å². The van der Waals surface area contributed by atoms with E-state index in [1.54, 1.807) is 6.92 Å². The highest BCUT2D eigenvalue weighted by Gasteiger charge is 2.28. The normalized spacial score (nSPS) is 20.6. The third kappa shape index (κ3) is 6.97. The molecule has 0 saturated carbocycles. The molecule has 1 aliphatic rings. The fraction of sp³-hybridized carbons (Fsp3) is 1.00. The lowest BCUT2D eigenvalue weighted by molar-refractivity contribution is -0.135. The Morgan fingerprint density at radius 2 is 1.86 bits per heavy atom. The highest BCUT2D eigenvalue weighted by atomic mass is 32.2. The van der Waals surface area contributed by atoms with E-state index in [0.29, 0.717) is 32.4 Å². The Kier molecular flexibility index (Phi) is 6.93. The van der Waals surface area contributed by atoms with Crippen LogP contribution in [0.2, 0.25) is 0 Å². The zero-order valence-corrected chi connectivity index (χ0v) is 13.4. The molecule has 8 heteroatoms. The fourth-order valence-corrected chi connectivity index (χ4v) is 3.71. The maximum absolute atomic E-state index is 12.1. The molecule has 21 heavy (non-hydrogen) atoms. The largest absolute Gasteiger partial charge is 0.389 e. The molecule has 0 aliphatic carbocycles. The van der Waals surface area contributed by atoms with Crippen molar-refractivity contribution in [2.75, 3.05) is 18.8 Å². The van der Waals surface area contributed by atoms with Gasteiger partial charge in [-0.3, -0.25) is 0 Å². The van der Waals surface area contributed by atoms with Crippen LogP contribution in [-0.4, -0.2) is 49.8 Å². The van der Waals surface area contributed by atoms with E-state index in [2.05, 4.69) is 5.32 Å². The quantitative estimate of drug-likeness (QED) is 0.780. The number of nitrogens with one attached hydrogen (secondary N) is 1. The lowest BCUT2D eigenvalue weighted by Crippen LogP contribution is -2.47. The Morgan fingerprint density at radius 3 is 2.33 bits per heavy atom. The summed E-state index contributed by atoms with van der Waals surface area (Å²) in [6.07, 6.45) is -2.80. The van der Waals surface area contributed by atoms with Gasteiger partial charge in [-0.2, -0.15) is 13.2 Å². The second kappa shape index (κ2) is 7.78. The van der Waals surface area contributed by atoms with E-state index in [4.69, 9.17) is 0 Å². The van der Waals surface area contributed by atoms with Crippen LogP contribution < -0.4 is 5.32 Å². The van der Waals surface area contributed by atoms with Gasteiger partial charge in [-0.05, 0) is 39.5 Å². The van der Waals surface area contributed by atoms with Gasteiger partial charge in [0.2, 0.25) is 10.0 Å². The number of piperidine rings is 1. The summed E-state index contributed by atoms with van der Waals surface area (Å²) in [6.45, 7) is 4.49. The van der Waals surface area contributed by atoms with Gasteiger partial charge in [0, 0.05) is 31.6 Å². The molecular formula is C13H25F3N2O2S. The zero-order chi connectivity index (χ0) is 16.1. The molecule has 1 aliphatic heterocycles. The average molecular weight is 330 g/mol. The van der Waals surface area contributed by atoms with Crippen LogP contribution in [0, 0.1) is 0 Å². The van der Waals surface area contributed by atoms with Gasteiger partial charge in [-0.15, -0.1) is 0 Å². The third-order valence-electron chi connectivity index (χ3n) is 3.83. The van der Waals surface area contributed by atoms with Crippen molar-refractivity contribution < 1.29 is 21.6 Å². The Bertz CT molecular complexity index is 404. The summed E-state index contributed by atoms with van der Waals surface area (Å²) in [5.74, 6) is 0.110. The molecule has 0 spiro atoms. The van der Waals surface area contributed by atoms with E-state index >= 15 is 0 Å². The van der Waals surface area contributed by atoms with Gasteiger partial charge in [-0.1, -0.05) is 0 Å². The Morgan fingerprint density at radius 1 is 1.29 bits per heavy atom. The van der Waals surface area contributed by atoms with Gasteiger partial charge in [0.15, 0.2) is 0 Å². The topological polar surface area (TPSA) is 49.4 Å². The summed E-state index contributed by atoms with van der Waals surface area (Å²) in [4.78, 5) is 0. The standard InChI is InChI=1S/C13H25F3N2O2S/c1-3-21(19,20)18-9-6-12(7-10-18)17-11(2)5-4-8-13(14,15)16/h11-12,17H,3-10H2,1-2H3. The van der Waals surface area contributed by atoms with E-state index < -0.39 is 22.6 Å². The first-order valence-electron chi connectivity index (χ1n) is 7.44. The second-order valence-corrected chi connectivity index (χ2v) is 7.91. The lowest BCUT2D eigenvalue weighted by atomic mass is 10.0. The minimum Gasteiger partial charge on any atom is -0.311 e. The van der Waals surface area contributed by atoms with Crippen molar-refractivity contribution in [3.63, 3.8) is 0 Å². The molecule has 1 atom stereocenters. The smallest absolute Gasteiger partial charge is 0.311 e. The summed E-state index contributed by atoms with van der Waals surface area (Å²) in [6, 6.07) is 0.209. The number of halogens is 3. The fourth-order valence-electron chi connectivity index (χ4n) is 2.58. The van der Waals surface area contributed by atoms with Crippen LogP contribution >= 0.6 is 0 Å². The van der Waals surface area contributed by atoms with E-state index in [9.17, 15) is 21.6 Å². The maximum atomic E-state index is 12.1. The number of sulfonamides is 1. The van der Waals surface area contributed by atoms with Crippen LogP contribution in [0.25, 0.3) is 0 Å². The monoisotopic (exact) mass is 330 g/mol. The van der Waals surface area contributed by atoms with Crippen LogP contribution in [0.5, 0.6) is 0 Å². The number of hydrogen-bond donors (Lipinski definition) is 1. The van der Waals surface area contributed by atoms with Gasteiger partial charge >= 0.3 is 6.18 Å². The molecule has 0 amide bonds. The minimum atomic E-state index is -4.08. The van der Waals surface area contributed by atoms with Crippen molar-refractivity contribution in [3.05, 3.63) is 0 Å². The predicted molar refractivity (Wildman–Crippen MR) is 76.6 cm³/mol. The summed E-state index contributed by atoms with van der Waals surface area (Å²) >= 11 is 0. The zero-order valence-electron chi connectivity index (χ0n) is 12.6. The molecule has 0 aromatic rings. The first-order chi connectivity index (χ1) is 9.64. The van der Waals surface area contributed by atoms with Gasteiger partial charge in [-0.25, -0.2) is 12.7 Å².